The van der Waals surface area contributed by atoms with Crippen LogP contribution in [0.3, 0.4) is 0 Å². The fourth-order valence-corrected chi connectivity index (χ4v) is 3.11. The smallest absolute Gasteiger partial charge is 0.222 e. The first-order chi connectivity index (χ1) is 7.48. The molecule has 0 unspecified atom stereocenters. The zero-order valence-electron chi connectivity index (χ0n) is 9.40. The summed E-state index contributed by atoms with van der Waals surface area (Å²) in [5.41, 5.74) is 5.59. The van der Waals surface area contributed by atoms with E-state index in [2.05, 4.69) is 28.7 Å². The number of anilines is 2. The molecule has 4 nitrogen and oxygen atoms in total. The number of aromatic nitrogens is 2. The summed E-state index contributed by atoms with van der Waals surface area (Å²) in [5, 5.41) is 0.567. The minimum Gasteiger partial charge on any atom is -0.368 e. The maximum atomic E-state index is 6.09. The van der Waals surface area contributed by atoms with Gasteiger partial charge in [0.15, 0.2) is 5.82 Å². The van der Waals surface area contributed by atoms with E-state index in [4.69, 9.17) is 17.3 Å². The van der Waals surface area contributed by atoms with E-state index in [1.54, 1.807) is 6.20 Å². The van der Waals surface area contributed by atoms with Gasteiger partial charge in [0.1, 0.15) is 5.02 Å². The van der Waals surface area contributed by atoms with Crippen LogP contribution in [0.4, 0.5) is 11.8 Å². The van der Waals surface area contributed by atoms with Crippen molar-refractivity contribution in [1.82, 2.24) is 9.97 Å². The molecule has 0 amide bonds. The number of nitrogens with two attached hydrogens (primary N) is 1. The molecular formula is C10H15ClN4S. The largest absolute Gasteiger partial charge is 0.368 e. The van der Waals surface area contributed by atoms with E-state index in [0.29, 0.717) is 5.02 Å². The third-order valence-electron chi connectivity index (χ3n) is 2.47. The van der Waals surface area contributed by atoms with Gasteiger partial charge >= 0.3 is 0 Å². The number of halogens is 1. The third kappa shape index (κ3) is 2.52. The molecule has 1 aromatic rings. The first-order valence-corrected chi connectivity index (χ1v) is 6.51. The molecule has 88 valence electrons. The quantitative estimate of drug-likeness (QED) is 0.836. The monoisotopic (exact) mass is 258 g/mol. The third-order valence-corrected chi connectivity index (χ3v) is 4.03. The average Bonchev–Trinajstić information content (AvgIpc) is 2.20. The Morgan fingerprint density at radius 3 is 3.00 bits per heavy atom. The Bertz CT molecular complexity index is 396. The predicted molar refractivity (Wildman–Crippen MR) is 70.2 cm³/mol. The summed E-state index contributed by atoms with van der Waals surface area (Å²) in [6, 6.07) is 0. The molecule has 2 heterocycles. The molecule has 0 radical (unpaired) electrons. The van der Waals surface area contributed by atoms with Gasteiger partial charge in [0.25, 0.3) is 0 Å². The normalized spacial score (nSPS) is 19.8. The van der Waals surface area contributed by atoms with Gasteiger partial charge in [-0.1, -0.05) is 11.6 Å². The highest BCUT2D eigenvalue weighted by Gasteiger charge is 2.28. The molecule has 0 spiro atoms. The average molecular weight is 259 g/mol. The van der Waals surface area contributed by atoms with E-state index in [1.807, 2.05) is 11.8 Å². The van der Waals surface area contributed by atoms with Crippen molar-refractivity contribution in [3.05, 3.63) is 11.2 Å². The van der Waals surface area contributed by atoms with Crippen LogP contribution in [0.5, 0.6) is 0 Å². The van der Waals surface area contributed by atoms with Crippen molar-refractivity contribution < 1.29 is 0 Å². The van der Waals surface area contributed by atoms with Crippen LogP contribution in [-0.2, 0) is 0 Å². The van der Waals surface area contributed by atoms with Gasteiger partial charge < -0.3 is 10.6 Å². The summed E-state index contributed by atoms with van der Waals surface area (Å²) in [5.74, 6) is 2.10. The van der Waals surface area contributed by atoms with Crippen molar-refractivity contribution in [2.45, 2.75) is 18.6 Å². The van der Waals surface area contributed by atoms with Gasteiger partial charge in [-0.15, -0.1) is 0 Å². The van der Waals surface area contributed by atoms with Gasteiger partial charge in [-0.2, -0.15) is 16.7 Å². The first kappa shape index (κ1) is 11.8. The summed E-state index contributed by atoms with van der Waals surface area (Å²) in [6.45, 7) is 6.32. The second-order valence-electron chi connectivity index (χ2n) is 4.43. The Balaban J connectivity index is 2.26. The van der Waals surface area contributed by atoms with E-state index >= 15 is 0 Å². The van der Waals surface area contributed by atoms with Gasteiger partial charge in [0.2, 0.25) is 5.95 Å². The van der Waals surface area contributed by atoms with Crippen molar-refractivity contribution in [3.63, 3.8) is 0 Å². The number of thioether (sulfide) groups is 1. The van der Waals surface area contributed by atoms with E-state index in [1.165, 1.54) is 0 Å². The minimum atomic E-state index is 0.224. The van der Waals surface area contributed by atoms with Crippen molar-refractivity contribution in [2.24, 2.45) is 0 Å². The van der Waals surface area contributed by atoms with Crippen molar-refractivity contribution in [3.8, 4) is 0 Å². The Morgan fingerprint density at radius 1 is 1.56 bits per heavy atom. The molecule has 2 rings (SSSR count). The highest BCUT2D eigenvalue weighted by molar-refractivity contribution is 8.00. The van der Waals surface area contributed by atoms with Crippen molar-refractivity contribution in [1.29, 1.82) is 0 Å². The van der Waals surface area contributed by atoms with E-state index in [9.17, 15) is 0 Å². The molecule has 1 fully saturated rings. The molecule has 6 heteroatoms. The molecule has 1 saturated heterocycles. The topological polar surface area (TPSA) is 55.0 Å². The van der Waals surface area contributed by atoms with Crippen LogP contribution in [0, 0.1) is 0 Å². The summed E-state index contributed by atoms with van der Waals surface area (Å²) < 4.78 is 0.224. The van der Waals surface area contributed by atoms with Gasteiger partial charge in [-0.3, -0.25) is 0 Å². The lowest BCUT2D eigenvalue weighted by Gasteiger charge is -2.38. The summed E-state index contributed by atoms with van der Waals surface area (Å²) in [6.07, 6.45) is 1.56. The van der Waals surface area contributed by atoms with Gasteiger partial charge in [-0.05, 0) is 13.8 Å². The molecular weight excluding hydrogens is 244 g/mol. The predicted octanol–water partition coefficient (Wildman–Crippen LogP) is 2.04. The Hall–Kier alpha value is -0.680. The van der Waals surface area contributed by atoms with E-state index in [0.717, 1.165) is 24.7 Å². The molecule has 2 N–H and O–H groups in total. The lowest BCUT2D eigenvalue weighted by atomic mass is 10.2. The van der Waals surface area contributed by atoms with Gasteiger partial charge in [0.05, 0.1) is 6.20 Å². The van der Waals surface area contributed by atoms with Crippen molar-refractivity contribution >= 4 is 35.1 Å². The minimum absolute atomic E-state index is 0.224. The second kappa shape index (κ2) is 4.30. The lowest BCUT2D eigenvalue weighted by Crippen LogP contribution is -2.43. The summed E-state index contributed by atoms with van der Waals surface area (Å²) in [4.78, 5) is 10.3. The zero-order chi connectivity index (χ0) is 11.8. The van der Waals surface area contributed by atoms with Crippen LogP contribution in [0.2, 0.25) is 5.02 Å². The summed E-state index contributed by atoms with van der Waals surface area (Å²) >= 11 is 8.06. The van der Waals surface area contributed by atoms with Crippen LogP contribution in [0.15, 0.2) is 6.20 Å². The molecule has 1 aromatic heterocycles. The molecule has 0 aliphatic carbocycles. The Morgan fingerprint density at radius 2 is 2.31 bits per heavy atom. The standard InChI is InChI=1S/C10H15ClN4S/c1-10(2)6-15(3-4-16-10)8-7(11)5-13-9(12)14-8/h5H,3-4,6H2,1-2H3,(H2,12,13,14). The first-order valence-electron chi connectivity index (χ1n) is 5.15. The Kier molecular flexibility index (Phi) is 3.17. The van der Waals surface area contributed by atoms with Crippen LogP contribution in [0.1, 0.15) is 13.8 Å². The summed E-state index contributed by atoms with van der Waals surface area (Å²) in [7, 11) is 0. The maximum Gasteiger partial charge on any atom is 0.222 e. The molecule has 16 heavy (non-hydrogen) atoms. The Labute approximate surface area is 105 Å². The fraction of sp³-hybridized carbons (Fsp3) is 0.600. The van der Waals surface area contributed by atoms with Gasteiger partial charge in [-0.25, -0.2) is 4.98 Å². The SMILES string of the molecule is CC1(C)CN(c2nc(N)ncc2Cl)CCS1. The van der Waals surface area contributed by atoms with E-state index in [-0.39, 0.29) is 10.7 Å². The maximum absolute atomic E-state index is 6.09. The number of hydrogen-bond acceptors (Lipinski definition) is 5. The number of nitrogens with zero attached hydrogens (tertiary/aromatic N) is 3. The number of rotatable bonds is 1. The van der Waals surface area contributed by atoms with Crippen LogP contribution in [-0.4, -0.2) is 33.6 Å². The van der Waals surface area contributed by atoms with Crippen LogP contribution >= 0.6 is 23.4 Å². The second-order valence-corrected chi connectivity index (χ2v) is 6.64. The molecule has 0 saturated carbocycles. The molecule has 0 atom stereocenters. The zero-order valence-corrected chi connectivity index (χ0v) is 11.0. The fourth-order valence-electron chi connectivity index (χ4n) is 1.79. The number of nitrogen functional groups attached to an aromatic ring is 1. The van der Waals surface area contributed by atoms with Crippen molar-refractivity contribution in [2.75, 3.05) is 29.5 Å². The highest BCUT2D eigenvalue weighted by Crippen LogP contribution is 2.33. The van der Waals surface area contributed by atoms with Gasteiger partial charge in [0, 0.05) is 23.6 Å². The molecule has 1 aliphatic heterocycles. The van der Waals surface area contributed by atoms with E-state index < -0.39 is 0 Å². The molecule has 0 bridgehead atoms. The van der Waals surface area contributed by atoms with Crippen LogP contribution < -0.4 is 10.6 Å². The lowest BCUT2D eigenvalue weighted by molar-refractivity contribution is 0.642. The molecule has 1 aliphatic rings. The van der Waals surface area contributed by atoms with Crippen LogP contribution in [0.25, 0.3) is 0 Å². The number of hydrogen-bond donors (Lipinski definition) is 1. The molecule has 0 aromatic carbocycles. The highest BCUT2D eigenvalue weighted by atomic mass is 35.5.